The molecule has 2 aromatic rings. The predicted molar refractivity (Wildman–Crippen MR) is 115 cm³/mol. The van der Waals surface area contributed by atoms with Crippen LogP contribution in [0.15, 0.2) is 41.5 Å². The smallest absolute Gasteiger partial charge is 0.345 e. The van der Waals surface area contributed by atoms with Crippen LogP contribution in [0.5, 0.6) is 5.75 Å². The third-order valence-electron chi connectivity index (χ3n) is 6.11. The van der Waals surface area contributed by atoms with E-state index in [0.717, 1.165) is 77.6 Å². The Hall–Kier alpha value is -2.16. The topological polar surface area (TPSA) is 64.8 Å². The Morgan fingerprint density at radius 2 is 1.70 bits per heavy atom. The summed E-state index contributed by atoms with van der Waals surface area (Å²) in [5.74, 6) is 1.46. The van der Waals surface area contributed by atoms with Crippen LogP contribution in [0.2, 0.25) is 0 Å². The number of rotatable bonds is 9. The first-order valence-electron chi connectivity index (χ1n) is 11.1. The second kappa shape index (κ2) is 10.7. The van der Waals surface area contributed by atoms with Gasteiger partial charge in [-0.25, -0.2) is 9.48 Å². The molecule has 0 amide bonds. The highest BCUT2D eigenvalue weighted by Crippen LogP contribution is 2.18. The highest BCUT2D eigenvalue weighted by molar-refractivity contribution is 5.20. The molecule has 0 unspecified atom stereocenters. The van der Waals surface area contributed by atoms with Gasteiger partial charge in [0.1, 0.15) is 18.7 Å². The molecule has 2 aliphatic heterocycles. The Morgan fingerprint density at radius 3 is 2.47 bits per heavy atom. The van der Waals surface area contributed by atoms with Crippen molar-refractivity contribution in [3.05, 3.63) is 47.1 Å². The molecule has 0 atom stereocenters. The van der Waals surface area contributed by atoms with Crippen LogP contribution in [0.1, 0.15) is 12.8 Å². The van der Waals surface area contributed by atoms with Gasteiger partial charge >= 0.3 is 5.69 Å². The third kappa shape index (κ3) is 5.93. The predicted octanol–water partition coefficient (Wildman–Crippen LogP) is 1.17. The van der Waals surface area contributed by atoms with Crippen molar-refractivity contribution in [3.63, 3.8) is 0 Å². The van der Waals surface area contributed by atoms with Crippen LogP contribution in [0.25, 0.3) is 0 Å². The zero-order chi connectivity index (χ0) is 20.6. The van der Waals surface area contributed by atoms with Gasteiger partial charge in [0.05, 0.1) is 19.8 Å². The summed E-state index contributed by atoms with van der Waals surface area (Å²) in [5, 5.41) is 4.33. The number of likely N-dealkylation sites (tertiary alicyclic amines) is 1. The Morgan fingerprint density at radius 1 is 0.967 bits per heavy atom. The van der Waals surface area contributed by atoms with Crippen molar-refractivity contribution in [1.82, 2.24) is 24.1 Å². The normalized spacial score (nSPS) is 19.2. The third-order valence-corrected chi connectivity index (χ3v) is 6.11. The summed E-state index contributed by atoms with van der Waals surface area (Å²) in [6, 6.07) is 9.97. The monoisotopic (exact) mass is 415 g/mol. The summed E-state index contributed by atoms with van der Waals surface area (Å²) in [5.41, 5.74) is 0.0157. The van der Waals surface area contributed by atoms with Crippen LogP contribution in [0, 0.1) is 5.92 Å². The molecular formula is C22H33N5O3. The lowest BCUT2D eigenvalue weighted by Gasteiger charge is -2.31. The highest BCUT2D eigenvalue weighted by atomic mass is 16.5. The van der Waals surface area contributed by atoms with Crippen LogP contribution in [0.4, 0.5) is 0 Å². The van der Waals surface area contributed by atoms with Crippen LogP contribution in [-0.4, -0.2) is 83.2 Å². The Labute approximate surface area is 178 Å². The number of benzene rings is 1. The van der Waals surface area contributed by atoms with Crippen molar-refractivity contribution in [2.75, 3.05) is 59.1 Å². The van der Waals surface area contributed by atoms with E-state index in [9.17, 15) is 4.79 Å². The van der Waals surface area contributed by atoms with Crippen LogP contribution >= 0.6 is 0 Å². The average molecular weight is 416 g/mol. The lowest BCUT2D eigenvalue weighted by molar-refractivity contribution is 0.0358. The van der Waals surface area contributed by atoms with Crippen molar-refractivity contribution in [2.24, 2.45) is 5.92 Å². The maximum absolute atomic E-state index is 12.6. The Kier molecular flexibility index (Phi) is 7.55. The second-order valence-electron chi connectivity index (χ2n) is 8.19. The number of hydrogen-bond acceptors (Lipinski definition) is 6. The fourth-order valence-electron chi connectivity index (χ4n) is 4.19. The molecule has 0 N–H and O–H groups in total. The molecule has 0 spiro atoms. The van der Waals surface area contributed by atoms with Gasteiger partial charge in [-0.3, -0.25) is 14.4 Å². The lowest BCUT2D eigenvalue weighted by Crippen LogP contribution is -2.40. The number of ether oxygens (including phenoxy) is 2. The van der Waals surface area contributed by atoms with E-state index in [4.69, 9.17) is 9.47 Å². The van der Waals surface area contributed by atoms with Crippen LogP contribution in [0.3, 0.4) is 0 Å². The first-order valence-corrected chi connectivity index (χ1v) is 11.1. The van der Waals surface area contributed by atoms with Gasteiger partial charge in [0.25, 0.3) is 0 Å². The molecule has 4 rings (SSSR count). The van der Waals surface area contributed by atoms with E-state index < -0.39 is 0 Å². The molecule has 8 heteroatoms. The number of morpholine rings is 1. The number of piperidine rings is 1. The van der Waals surface area contributed by atoms with E-state index in [1.807, 2.05) is 30.3 Å². The summed E-state index contributed by atoms with van der Waals surface area (Å²) in [4.78, 5) is 17.4. The molecule has 0 bridgehead atoms. The summed E-state index contributed by atoms with van der Waals surface area (Å²) in [6.45, 7) is 9.46. The molecule has 2 aliphatic rings. The van der Waals surface area contributed by atoms with Gasteiger partial charge in [-0.1, -0.05) is 18.2 Å². The molecule has 0 saturated carbocycles. The zero-order valence-electron chi connectivity index (χ0n) is 17.7. The summed E-state index contributed by atoms with van der Waals surface area (Å²) in [6.07, 6.45) is 3.93. The Balaban J connectivity index is 1.17. The first kappa shape index (κ1) is 21.1. The van der Waals surface area contributed by atoms with Crippen molar-refractivity contribution >= 4 is 0 Å². The van der Waals surface area contributed by atoms with E-state index in [0.29, 0.717) is 19.1 Å². The van der Waals surface area contributed by atoms with Crippen LogP contribution in [-0.2, 0) is 17.8 Å². The largest absolute Gasteiger partial charge is 0.492 e. The summed E-state index contributed by atoms with van der Waals surface area (Å²) < 4.78 is 14.6. The van der Waals surface area contributed by atoms with Gasteiger partial charge < -0.3 is 9.47 Å². The van der Waals surface area contributed by atoms with E-state index in [2.05, 4.69) is 14.9 Å². The van der Waals surface area contributed by atoms with E-state index in [1.165, 1.54) is 0 Å². The second-order valence-corrected chi connectivity index (χ2v) is 8.19. The number of aromatic nitrogens is 3. The molecule has 2 fully saturated rings. The average Bonchev–Trinajstić information content (AvgIpc) is 3.14. The number of nitrogens with zero attached hydrogens (tertiary/aromatic N) is 5. The summed E-state index contributed by atoms with van der Waals surface area (Å²) in [7, 11) is 0. The molecule has 30 heavy (non-hydrogen) atoms. The molecule has 0 aliphatic carbocycles. The van der Waals surface area contributed by atoms with Gasteiger partial charge in [-0.15, -0.1) is 0 Å². The fourth-order valence-corrected chi connectivity index (χ4v) is 4.19. The first-order chi connectivity index (χ1) is 14.8. The standard InChI is InChI=1S/C22H33N5O3/c28-22-26(19-23-27(22)11-10-25-12-15-29-16-13-25)18-20-6-8-24(9-7-20)14-17-30-21-4-2-1-3-5-21/h1-5,19-20H,6-18H2. The molecule has 3 heterocycles. The van der Waals surface area contributed by atoms with Crippen molar-refractivity contribution in [1.29, 1.82) is 0 Å². The fraction of sp³-hybridized carbons (Fsp3) is 0.636. The minimum atomic E-state index is 0.0157. The van der Waals surface area contributed by atoms with Gasteiger partial charge in [0.15, 0.2) is 0 Å². The van der Waals surface area contributed by atoms with Gasteiger partial charge in [0.2, 0.25) is 0 Å². The molecule has 164 valence electrons. The van der Waals surface area contributed by atoms with Crippen molar-refractivity contribution < 1.29 is 9.47 Å². The molecular weight excluding hydrogens is 382 g/mol. The lowest BCUT2D eigenvalue weighted by atomic mass is 9.97. The SMILES string of the molecule is O=c1n(CC2CCN(CCOc3ccccc3)CC2)cnn1CCN1CCOCC1. The minimum Gasteiger partial charge on any atom is -0.492 e. The molecule has 2 saturated heterocycles. The quantitative estimate of drug-likeness (QED) is 0.613. The van der Waals surface area contributed by atoms with Crippen molar-refractivity contribution in [2.45, 2.75) is 25.9 Å². The number of hydrogen-bond donors (Lipinski definition) is 0. The maximum atomic E-state index is 12.6. The van der Waals surface area contributed by atoms with Crippen molar-refractivity contribution in [3.8, 4) is 5.75 Å². The minimum absolute atomic E-state index is 0.0157. The zero-order valence-corrected chi connectivity index (χ0v) is 17.7. The number of para-hydroxylation sites is 1. The molecule has 0 radical (unpaired) electrons. The molecule has 8 nitrogen and oxygen atoms in total. The van der Waals surface area contributed by atoms with Crippen LogP contribution < -0.4 is 10.4 Å². The Bertz CT molecular complexity index is 808. The highest BCUT2D eigenvalue weighted by Gasteiger charge is 2.21. The van der Waals surface area contributed by atoms with E-state index in [-0.39, 0.29) is 5.69 Å². The molecule has 1 aromatic carbocycles. The van der Waals surface area contributed by atoms with Gasteiger partial charge in [-0.2, -0.15) is 5.10 Å². The molecule has 1 aromatic heterocycles. The van der Waals surface area contributed by atoms with E-state index >= 15 is 0 Å². The summed E-state index contributed by atoms with van der Waals surface area (Å²) >= 11 is 0. The van der Waals surface area contributed by atoms with Gasteiger partial charge in [-0.05, 0) is 44.0 Å². The van der Waals surface area contributed by atoms with E-state index in [1.54, 1.807) is 15.6 Å². The van der Waals surface area contributed by atoms with Gasteiger partial charge in [0, 0.05) is 32.7 Å². The maximum Gasteiger partial charge on any atom is 0.345 e.